The van der Waals surface area contributed by atoms with Gasteiger partial charge in [0.1, 0.15) is 5.75 Å². The first-order valence-corrected chi connectivity index (χ1v) is 8.39. The van der Waals surface area contributed by atoms with E-state index in [-0.39, 0.29) is 17.2 Å². The first-order valence-electron chi connectivity index (χ1n) is 8.39. The number of hydrogen-bond donors (Lipinski definition) is 1. The van der Waals surface area contributed by atoms with Crippen molar-refractivity contribution in [3.8, 4) is 5.75 Å². The zero-order valence-electron chi connectivity index (χ0n) is 14.8. The number of amides is 1. The van der Waals surface area contributed by atoms with Gasteiger partial charge in [0, 0.05) is 23.6 Å². The third-order valence-corrected chi connectivity index (χ3v) is 5.61. The number of fused-ring (bicyclic) bond motifs is 1. The Morgan fingerprint density at radius 3 is 2.67 bits per heavy atom. The number of carbonyl (C=O) groups is 2. The molecule has 0 saturated carbocycles. The summed E-state index contributed by atoms with van der Waals surface area (Å²) in [5.74, 6) is 0.838. The molecule has 1 amide bonds. The van der Waals surface area contributed by atoms with Crippen LogP contribution in [0.3, 0.4) is 0 Å². The molecule has 1 saturated heterocycles. The Balaban J connectivity index is 1.95. The molecule has 3 rings (SSSR count). The number of nitrogens with zero attached hydrogens (tertiary/aromatic N) is 1. The number of methoxy groups -OCH3 is 1. The molecule has 24 heavy (non-hydrogen) atoms. The maximum Gasteiger partial charge on any atom is 0.407 e. The number of carboxylic acid groups (broad SMARTS) is 1. The number of Topliss-reactive ketones (excluding diaryl/α,β-unsaturated/α-hetero) is 1. The van der Waals surface area contributed by atoms with Crippen molar-refractivity contribution in [3.05, 3.63) is 29.3 Å². The van der Waals surface area contributed by atoms with Crippen LogP contribution < -0.4 is 4.74 Å². The standard InChI is InChI=1S/C19H25NO4/c1-18(2,3)15-11-19(7-8-20(15)17(22)23)10-12-5-6-13(24-4)9-14(12)16(19)21/h5-6,9,15H,7-8,10-11H2,1-4H3,(H,22,23). The molecule has 1 spiro atoms. The van der Waals surface area contributed by atoms with E-state index in [1.165, 1.54) is 4.90 Å². The van der Waals surface area contributed by atoms with Gasteiger partial charge in [0.2, 0.25) is 0 Å². The highest BCUT2D eigenvalue weighted by atomic mass is 16.5. The van der Waals surface area contributed by atoms with Gasteiger partial charge in [-0.15, -0.1) is 0 Å². The molecule has 1 fully saturated rings. The minimum absolute atomic E-state index is 0.149. The lowest BCUT2D eigenvalue weighted by Gasteiger charge is -2.48. The molecule has 1 N–H and O–H groups in total. The second-order valence-corrected chi connectivity index (χ2v) is 8.12. The third kappa shape index (κ3) is 2.56. The highest BCUT2D eigenvalue weighted by Crippen LogP contribution is 2.49. The van der Waals surface area contributed by atoms with Crippen molar-refractivity contribution in [2.45, 2.75) is 46.1 Å². The van der Waals surface area contributed by atoms with Gasteiger partial charge in [-0.2, -0.15) is 0 Å². The molecule has 1 aliphatic heterocycles. The van der Waals surface area contributed by atoms with Gasteiger partial charge in [0.05, 0.1) is 7.11 Å². The van der Waals surface area contributed by atoms with Crippen LogP contribution in [0.1, 0.15) is 49.5 Å². The van der Waals surface area contributed by atoms with E-state index in [0.717, 1.165) is 11.1 Å². The van der Waals surface area contributed by atoms with Crippen molar-refractivity contribution in [1.82, 2.24) is 4.90 Å². The molecular formula is C19H25NO4. The maximum atomic E-state index is 13.2. The molecule has 1 aliphatic carbocycles. The van der Waals surface area contributed by atoms with E-state index in [1.54, 1.807) is 7.11 Å². The van der Waals surface area contributed by atoms with E-state index in [0.29, 0.717) is 31.6 Å². The van der Waals surface area contributed by atoms with Gasteiger partial charge < -0.3 is 14.7 Å². The molecule has 130 valence electrons. The summed E-state index contributed by atoms with van der Waals surface area (Å²) in [6.07, 6.45) is 0.973. The fourth-order valence-corrected chi connectivity index (χ4v) is 4.22. The van der Waals surface area contributed by atoms with E-state index in [9.17, 15) is 14.7 Å². The highest BCUT2D eigenvalue weighted by Gasteiger charge is 2.52. The minimum Gasteiger partial charge on any atom is -0.497 e. The lowest BCUT2D eigenvalue weighted by Crippen LogP contribution is -2.56. The average Bonchev–Trinajstić information content (AvgIpc) is 2.78. The van der Waals surface area contributed by atoms with E-state index < -0.39 is 11.5 Å². The molecule has 2 aliphatic rings. The number of piperidine rings is 1. The van der Waals surface area contributed by atoms with Crippen LogP contribution in [0.25, 0.3) is 0 Å². The van der Waals surface area contributed by atoms with Gasteiger partial charge in [-0.05, 0) is 42.4 Å². The monoisotopic (exact) mass is 331 g/mol. The molecule has 1 heterocycles. The molecule has 0 aromatic heterocycles. The molecule has 1 aromatic rings. The number of hydrogen-bond acceptors (Lipinski definition) is 3. The van der Waals surface area contributed by atoms with E-state index in [1.807, 2.05) is 39.0 Å². The first kappa shape index (κ1) is 16.8. The Hall–Kier alpha value is -2.04. The van der Waals surface area contributed by atoms with Crippen molar-refractivity contribution < 1.29 is 19.4 Å². The summed E-state index contributed by atoms with van der Waals surface area (Å²) in [6.45, 7) is 6.54. The smallest absolute Gasteiger partial charge is 0.407 e. The van der Waals surface area contributed by atoms with Crippen molar-refractivity contribution in [1.29, 1.82) is 0 Å². The molecule has 5 nitrogen and oxygen atoms in total. The molecule has 2 unspecified atom stereocenters. The fourth-order valence-electron chi connectivity index (χ4n) is 4.22. The lowest BCUT2D eigenvalue weighted by atomic mass is 9.67. The summed E-state index contributed by atoms with van der Waals surface area (Å²) in [4.78, 5) is 26.3. The van der Waals surface area contributed by atoms with Gasteiger partial charge in [-0.1, -0.05) is 26.8 Å². The topological polar surface area (TPSA) is 66.8 Å². The maximum absolute atomic E-state index is 13.2. The summed E-state index contributed by atoms with van der Waals surface area (Å²) in [6, 6.07) is 5.51. The van der Waals surface area contributed by atoms with Gasteiger partial charge in [-0.3, -0.25) is 4.79 Å². The molecule has 5 heteroatoms. The number of ether oxygens (including phenoxy) is 1. The van der Waals surface area contributed by atoms with Crippen LogP contribution in [0.2, 0.25) is 0 Å². The molecule has 1 aromatic carbocycles. The molecule has 0 radical (unpaired) electrons. The lowest BCUT2D eigenvalue weighted by molar-refractivity contribution is 0.0101. The first-order chi connectivity index (χ1) is 11.2. The molecular weight excluding hydrogens is 306 g/mol. The van der Waals surface area contributed by atoms with Crippen molar-refractivity contribution in [2.75, 3.05) is 13.7 Å². The second kappa shape index (κ2) is 5.50. The molecule has 2 atom stereocenters. The molecule has 0 bridgehead atoms. The number of ketones is 1. The van der Waals surface area contributed by atoms with E-state index in [4.69, 9.17) is 4.74 Å². The van der Waals surface area contributed by atoms with Crippen LogP contribution in [0, 0.1) is 10.8 Å². The quantitative estimate of drug-likeness (QED) is 0.853. The van der Waals surface area contributed by atoms with Gasteiger partial charge in [-0.25, -0.2) is 4.79 Å². The fraction of sp³-hybridized carbons (Fsp3) is 0.579. The van der Waals surface area contributed by atoms with Crippen LogP contribution >= 0.6 is 0 Å². The summed E-state index contributed by atoms with van der Waals surface area (Å²) < 4.78 is 5.25. The van der Waals surface area contributed by atoms with Crippen LogP contribution in [0.15, 0.2) is 18.2 Å². The minimum atomic E-state index is -0.894. The summed E-state index contributed by atoms with van der Waals surface area (Å²) >= 11 is 0. The number of likely N-dealkylation sites (tertiary alicyclic amines) is 1. The van der Waals surface area contributed by atoms with E-state index >= 15 is 0 Å². The van der Waals surface area contributed by atoms with E-state index in [2.05, 4.69) is 0 Å². The SMILES string of the molecule is COc1ccc2c(c1)C(=O)C1(CCN(C(=O)O)C(C(C)(C)C)C1)C2. The largest absolute Gasteiger partial charge is 0.497 e. The number of benzene rings is 1. The summed E-state index contributed by atoms with van der Waals surface area (Å²) in [5.41, 5.74) is 1.11. The van der Waals surface area contributed by atoms with Gasteiger partial charge >= 0.3 is 6.09 Å². The Kier molecular flexibility index (Phi) is 3.85. The highest BCUT2D eigenvalue weighted by molar-refractivity contribution is 6.05. The number of rotatable bonds is 1. The zero-order chi connectivity index (χ0) is 17.7. The normalized spacial score (nSPS) is 26.6. The average molecular weight is 331 g/mol. The van der Waals surface area contributed by atoms with Crippen molar-refractivity contribution in [2.24, 2.45) is 10.8 Å². The summed E-state index contributed by atoms with van der Waals surface area (Å²) in [5, 5.41) is 9.54. The van der Waals surface area contributed by atoms with Crippen molar-refractivity contribution >= 4 is 11.9 Å². The Bertz CT molecular complexity index is 691. The predicted octanol–water partition coefficient (Wildman–Crippen LogP) is 3.61. The van der Waals surface area contributed by atoms with Gasteiger partial charge in [0.15, 0.2) is 5.78 Å². The summed E-state index contributed by atoms with van der Waals surface area (Å²) in [7, 11) is 1.60. The predicted molar refractivity (Wildman–Crippen MR) is 90.7 cm³/mol. The third-order valence-electron chi connectivity index (χ3n) is 5.61. The Morgan fingerprint density at radius 1 is 1.38 bits per heavy atom. The van der Waals surface area contributed by atoms with Gasteiger partial charge in [0.25, 0.3) is 0 Å². The second-order valence-electron chi connectivity index (χ2n) is 8.12. The Labute approximate surface area is 142 Å². The van der Waals surface area contributed by atoms with Crippen LogP contribution in [-0.4, -0.2) is 41.6 Å². The van der Waals surface area contributed by atoms with Crippen LogP contribution in [0.5, 0.6) is 5.75 Å². The number of carbonyl (C=O) groups excluding carboxylic acids is 1. The van der Waals surface area contributed by atoms with Crippen LogP contribution in [0.4, 0.5) is 4.79 Å². The van der Waals surface area contributed by atoms with Crippen molar-refractivity contribution in [3.63, 3.8) is 0 Å². The van der Waals surface area contributed by atoms with Crippen LogP contribution in [-0.2, 0) is 6.42 Å². The Morgan fingerprint density at radius 2 is 2.08 bits per heavy atom. The zero-order valence-corrected chi connectivity index (χ0v) is 14.8.